The van der Waals surface area contributed by atoms with Crippen LogP contribution in [0.3, 0.4) is 0 Å². The molecule has 0 saturated carbocycles. The number of likely N-dealkylation sites (tertiary alicyclic amines) is 2. The van der Waals surface area contributed by atoms with Crippen molar-refractivity contribution in [2.45, 2.75) is 45.3 Å². The molecule has 2 saturated heterocycles. The van der Waals surface area contributed by atoms with E-state index in [9.17, 15) is 0 Å². The number of hydrogen-bond donors (Lipinski definition) is 1. The van der Waals surface area contributed by atoms with E-state index in [1.54, 1.807) is 0 Å². The molecule has 2 aromatic carbocycles. The zero-order valence-electron chi connectivity index (χ0n) is 18.8. The molecule has 2 N–H and O–H groups in total. The van der Waals surface area contributed by atoms with Crippen molar-refractivity contribution in [2.24, 2.45) is 5.73 Å². The molecule has 6 heteroatoms. The number of nitrogens with zero attached hydrogens (tertiary/aromatic N) is 3. The zero-order valence-corrected chi connectivity index (χ0v) is 17.8. The summed E-state index contributed by atoms with van der Waals surface area (Å²) < 4.78 is 0. The first-order valence-electron chi connectivity index (χ1n) is 10.5. The third kappa shape index (κ3) is 8.98. The summed E-state index contributed by atoms with van der Waals surface area (Å²) in [6.07, 6.45) is 5.35. The second kappa shape index (κ2) is 14.9. The van der Waals surface area contributed by atoms with Gasteiger partial charge >= 0.3 is 18.9 Å². The van der Waals surface area contributed by atoms with Crippen LogP contribution in [0.25, 0.3) is 0 Å². The van der Waals surface area contributed by atoms with Gasteiger partial charge in [0.1, 0.15) is 0 Å². The predicted octanol–water partition coefficient (Wildman–Crippen LogP) is -0.172. The van der Waals surface area contributed by atoms with Crippen LogP contribution in [0.15, 0.2) is 48.5 Å². The molecule has 0 amide bonds. The monoisotopic (exact) mass is 414 g/mol. The Balaban J connectivity index is 0.000000529. The fourth-order valence-corrected chi connectivity index (χ4v) is 3.99. The standard InChI is InChI=1S/C12H18N2.C12H14N2.Al.Li.4H/c2*13-9-11-4-3-5-12(8-11)10-14-6-1-2-7-14;;;;;;/h3-5,8H,1-2,6-7,9-10,13H2;3-5,8H,1-2,6-7,10H2;;;;;;/q;;;+1;;;;-1. The van der Waals surface area contributed by atoms with Crippen LogP contribution < -0.4 is 24.6 Å². The number of nitrogens with two attached hydrogens (primary N) is 1. The fraction of sp³-hybridized carbons (Fsp3) is 0.458. The maximum Gasteiger partial charge on any atom is 1.00 e. The summed E-state index contributed by atoms with van der Waals surface area (Å²) in [5.74, 6) is 0. The normalized spacial score (nSPS) is 16.0. The van der Waals surface area contributed by atoms with Gasteiger partial charge in [-0.15, -0.1) is 0 Å². The molecule has 4 rings (SSSR count). The number of nitriles is 1. The molecule has 0 unspecified atom stereocenters. The molecular weight excluding hydrogens is 378 g/mol. The molecule has 0 aromatic heterocycles. The Kier molecular flexibility index (Phi) is 13.4. The van der Waals surface area contributed by atoms with Gasteiger partial charge in [-0.25, -0.2) is 0 Å². The van der Waals surface area contributed by atoms with Crippen molar-refractivity contribution in [3.8, 4) is 6.07 Å². The van der Waals surface area contributed by atoms with E-state index in [0.29, 0.717) is 6.54 Å². The van der Waals surface area contributed by atoms with Crippen LogP contribution in [0.1, 0.15) is 49.4 Å². The Morgan fingerprint density at radius 3 is 1.77 bits per heavy atom. The van der Waals surface area contributed by atoms with E-state index in [1.807, 2.05) is 18.2 Å². The van der Waals surface area contributed by atoms with Crippen LogP contribution in [0, 0.1) is 11.3 Å². The molecule has 0 spiro atoms. The summed E-state index contributed by atoms with van der Waals surface area (Å²) in [7, 11) is 0. The Bertz CT molecular complexity index is 787. The van der Waals surface area contributed by atoms with E-state index in [-0.39, 0.29) is 37.6 Å². The van der Waals surface area contributed by atoms with Crippen LogP contribution >= 0.6 is 0 Å². The molecular formula is C24H36AlLiN4. The Labute approximate surface area is 206 Å². The van der Waals surface area contributed by atoms with Crippen molar-refractivity contribution in [2.75, 3.05) is 26.2 Å². The molecule has 0 radical (unpaired) electrons. The van der Waals surface area contributed by atoms with Gasteiger partial charge < -0.3 is 7.16 Å². The van der Waals surface area contributed by atoms with E-state index in [1.165, 1.54) is 68.6 Å². The first kappa shape index (κ1) is 27.0. The van der Waals surface area contributed by atoms with E-state index in [2.05, 4.69) is 46.2 Å². The predicted molar refractivity (Wildman–Crippen MR) is 126 cm³/mol. The van der Waals surface area contributed by atoms with Gasteiger partial charge in [0.05, 0.1) is 11.6 Å². The minimum atomic E-state index is 0. The molecule has 4 nitrogen and oxygen atoms in total. The third-order valence-electron chi connectivity index (χ3n) is 5.49. The van der Waals surface area contributed by atoms with Gasteiger partial charge in [0.25, 0.3) is 0 Å². The van der Waals surface area contributed by atoms with Crippen LogP contribution in [0.5, 0.6) is 0 Å². The molecule has 0 atom stereocenters. The van der Waals surface area contributed by atoms with Crippen LogP contribution in [0.2, 0.25) is 0 Å². The Morgan fingerprint density at radius 2 is 1.27 bits per heavy atom. The summed E-state index contributed by atoms with van der Waals surface area (Å²) in [4.78, 5) is 4.95. The molecule has 156 valence electrons. The first-order valence-corrected chi connectivity index (χ1v) is 10.5. The summed E-state index contributed by atoms with van der Waals surface area (Å²) >= 11 is 0. The number of benzene rings is 2. The van der Waals surface area contributed by atoms with E-state index in [4.69, 9.17) is 11.0 Å². The van der Waals surface area contributed by atoms with Crippen molar-refractivity contribution in [3.05, 3.63) is 70.8 Å². The maximum absolute atomic E-state index is 8.76. The van der Waals surface area contributed by atoms with Crippen LogP contribution in [-0.4, -0.2) is 53.3 Å². The second-order valence-corrected chi connectivity index (χ2v) is 7.80. The summed E-state index contributed by atoms with van der Waals surface area (Å²) in [6, 6.07) is 18.7. The summed E-state index contributed by atoms with van der Waals surface area (Å²) in [6.45, 7) is 7.66. The van der Waals surface area contributed by atoms with Crippen LogP contribution in [-0.2, 0) is 19.6 Å². The Hall–Kier alpha value is -1.06. The van der Waals surface area contributed by atoms with E-state index >= 15 is 0 Å². The summed E-state index contributed by atoms with van der Waals surface area (Å²) in [5, 5.41) is 8.76. The summed E-state index contributed by atoms with van der Waals surface area (Å²) in [5.41, 5.74) is 10.3. The van der Waals surface area contributed by atoms with Crippen molar-refractivity contribution >= 4 is 17.4 Å². The minimum absolute atomic E-state index is 0. The smallest absolute Gasteiger partial charge is 1.00 e. The Morgan fingerprint density at radius 1 is 0.800 bits per heavy atom. The van der Waals surface area contributed by atoms with E-state index < -0.39 is 0 Å². The van der Waals surface area contributed by atoms with Crippen molar-refractivity contribution < 1.29 is 20.3 Å². The topological polar surface area (TPSA) is 56.3 Å². The number of hydrogen-bond acceptors (Lipinski definition) is 4. The second-order valence-electron chi connectivity index (χ2n) is 7.80. The van der Waals surface area contributed by atoms with Gasteiger partial charge in [0.2, 0.25) is 0 Å². The average molecular weight is 415 g/mol. The van der Waals surface area contributed by atoms with Gasteiger partial charge in [-0.05, 0) is 80.7 Å². The molecule has 2 aliphatic heterocycles. The third-order valence-corrected chi connectivity index (χ3v) is 5.49. The molecule has 2 aromatic rings. The van der Waals surface area contributed by atoms with Crippen molar-refractivity contribution in [1.82, 2.24) is 9.80 Å². The molecule has 0 bridgehead atoms. The van der Waals surface area contributed by atoms with Gasteiger partial charge in [0, 0.05) is 19.6 Å². The SMILES string of the molecule is N#Cc1cccc(CN2CCCC2)c1.NCc1cccc(CN2CCCC2)c1.[AlH3].[H-].[Li+]. The van der Waals surface area contributed by atoms with Crippen molar-refractivity contribution in [3.63, 3.8) is 0 Å². The minimum Gasteiger partial charge on any atom is -1.00 e. The molecule has 2 fully saturated rings. The average Bonchev–Trinajstić information content (AvgIpc) is 3.43. The van der Waals surface area contributed by atoms with Gasteiger partial charge in [-0.3, -0.25) is 9.80 Å². The van der Waals surface area contributed by atoms with Gasteiger partial charge in [0.15, 0.2) is 17.4 Å². The quantitative estimate of drug-likeness (QED) is 0.691. The maximum atomic E-state index is 8.76. The van der Waals surface area contributed by atoms with E-state index in [0.717, 1.165) is 18.7 Å². The molecule has 0 aliphatic carbocycles. The van der Waals surface area contributed by atoms with Crippen molar-refractivity contribution in [1.29, 1.82) is 5.26 Å². The molecule has 30 heavy (non-hydrogen) atoms. The van der Waals surface area contributed by atoms with Crippen LogP contribution in [0.4, 0.5) is 0 Å². The van der Waals surface area contributed by atoms with Gasteiger partial charge in [-0.2, -0.15) is 5.26 Å². The fourth-order valence-electron chi connectivity index (χ4n) is 3.99. The molecule has 2 aliphatic rings. The van der Waals surface area contributed by atoms with Gasteiger partial charge in [-0.1, -0.05) is 36.4 Å². The molecule has 2 heterocycles. The number of rotatable bonds is 5. The largest absolute Gasteiger partial charge is 1.00 e. The first-order chi connectivity index (χ1) is 13.8. The zero-order chi connectivity index (χ0) is 19.6.